The molecule has 17 heavy (non-hydrogen) atoms. The zero-order valence-corrected chi connectivity index (χ0v) is 12.0. The third-order valence-electron chi connectivity index (χ3n) is 2.51. The van der Waals surface area contributed by atoms with E-state index in [0.717, 1.165) is 28.1 Å². The molecule has 5 heteroatoms. The Morgan fingerprint density at radius 1 is 1.47 bits per heavy atom. The fourth-order valence-corrected chi connectivity index (χ4v) is 2.23. The third-order valence-corrected chi connectivity index (χ3v) is 3.91. The van der Waals surface area contributed by atoms with Crippen LogP contribution in [0.15, 0.2) is 28.7 Å². The van der Waals surface area contributed by atoms with Gasteiger partial charge in [0, 0.05) is 7.05 Å². The molecule has 90 valence electrons. The van der Waals surface area contributed by atoms with E-state index in [-0.39, 0.29) is 0 Å². The van der Waals surface area contributed by atoms with E-state index in [1.54, 1.807) is 0 Å². The van der Waals surface area contributed by atoms with Crippen molar-refractivity contribution in [1.29, 1.82) is 0 Å². The number of halogens is 2. The first-order chi connectivity index (χ1) is 8.08. The van der Waals surface area contributed by atoms with Crippen molar-refractivity contribution < 1.29 is 0 Å². The van der Waals surface area contributed by atoms with E-state index in [4.69, 9.17) is 11.6 Å². The lowest BCUT2D eigenvalue weighted by atomic mass is 10.3. The summed E-state index contributed by atoms with van der Waals surface area (Å²) in [6.07, 6.45) is 0. The van der Waals surface area contributed by atoms with Gasteiger partial charge in [-0.3, -0.25) is 4.68 Å². The molecule has 0 atom stereocenters. The van der Waals surface area contributed by atoms with Crippen molar-refractivity contribution in [1.82, 2.24) is 9.78 Å². The second-order valence-electron chi connectivity index (χ2n) is 3.86. The zero-order valence-electron chi connectivity index (χ0n) is 9.67. The highest BCUT2D eigenvalue weighted by atomic mass is 79.9. The average molecular weight is 315 g/mol. The van der Waals surface area contributed by atoms with Crippen LogP contribution < -0.4 is 5.32 Å². The minimum absolute atomic E-state index is 0.705. The Bertz CT molecular complexity index is 537. The summed E-state index contributed by atoms with van der Waals surface area (Å²) in [5.74, 6) is 0. The summed E-state index contributed by atoms with van der Waals surface area (Å²) in [4.78, 5) is 0. The molecule has 1 heterocycles. The van der Waals surface area contributed by atoms with Gasteiger partial charge < -0.3 is 5.32 Å². The van der Waals surface area contributed by atoms with Gasteiger partial charge in [-0.05, 0) is 41.1 Å². The molecule has 0 amide bonds. The van der Waals surface area contributed by atoms with Crippen LogP contribution in [0.5, 0.6) is 0 Å². The molecule has 0 saturated heterocycles. The lowest BCUT2D eigenvalue weighted by Gasteiger charge is -2.09. The van der Waals surface area contributed by atoms with Gasteiger partial charge in [-0.15, -0.1) is 0 Å². The van der Waals surface area contributed by atoms with E-state index in [2.05, 4.69) is 32.4 Å². The predicted molar refractivity (Wildman–Crippen MR) is 74.4 cm³/mol. The normalized spacial score (nSPS) is 10.6. The fraction of sp³-hybridized carbons (Fsp3) is 0.250. The smallest absolute Gasteiger partial charge is 0.0597 e. The lowest BCUT2D eigenvalue weighted by molar-refractivity contribution is 0.713. The maximum Gasteiger partial charge on any atom is 0.0597 e. The Kier molecular flexibility index (Phi) is 3.74. The van der Waals surface area contributed by atoms with E-state index >= 15 is 0 Å². The van der Waals surface area contributed by atoms with Crippen molar-refractivity contribution in [3.8, 4) is 0 Å². The highest BCUT2D eigenvalue weighted by molar-refractivity contribution is 9.10. The van der Waals surface area contributed by atoms with Gasteiger partial charge in [0.15, 0.2) is 0 Å². The van der Waals surface area contributed by atoms with Crippen LogP contribution in [0.4, 0.5) is 5.69 Å². The first kappa shape index (κ1) is 12.5. The Morgan fingerprint density at radius 3 is 2.88 bits per heavy atom. The molecule has 1 N–H and O–H groups in total. The van der Waals surface area contributed by atoms with Crippen LogP contribution >= 0.6 is 27.5 Å². The number of benzene rings is 1. The van der Waals surface area contributed by atoms with Crippen LogP contribution in [0.2, 0.25) is 5.02 Å². The van der Waals surface area contributed by atoms with Gasteiger partial charge in [0.1, 0.15) is 0 Å². The van der Waals surface area contributed by atoms with Crippen LogP contribution in [-0.4, -0.2) is 9.78 Å². The SMILES string of the molecule is Cc1cc(CNc2cccc(Cl)c2Br)n(C)n1. The van der Waals surface area contributed by atoms with Crippen LogP contribution in [0.3, 0.4) is 0 Å². The van der Waals surface area contributed by atoms with E-state index in [9.17, 15) is 0 Å². The number of hydrogen-bond acceptors (Lipinski definition) is 2. The molecule has 0 bridgehead atoms. The van der Waals surface area contributed by atoms with Gasteiger partial charge in [-0.1, -0.05) is 17.7 Å². The lowest BCUT2D eigenvalue weighted by Crippen LogP contribution is -2.05. The first-order valence-corrected chi connectivity index (χ1v) is 6.42. The molecule has 1 aromatic heterocycles. The summed E-state index contributed by atoms with van der Waals surface area (Å²) >= 11 is 9.49. The van der Waals surface area contributed by atoms with Crippen LogP contribution in [0.25, 0.3) is 0 Å². The van der Waals surface area contributed by atoms with Gasteiger partial charge in [-0.2, -0.15) is 5.10 Å². The van der Waals surface area contributed by atoms with E-state index in [1.807, 2.05) is 36.9 Å². The maximum atomic E-state index is 6.03. The quantitative estimate of drug-likeness (QED) is 0.935. The second-order valence-corrected chi connectivity index (χ2v) is 5.06. The van der Waals surface area contributed by atoms with Crippen molar-refractivity contribution in [2.75, 3.05) is 5.32 Å². The molecule has 3 nitrogen and oxygen atoms in total. The monoisotopic (exact) mass is 313 g/mol. The minimum atomic E-state index is 0.705. The van der Waals surface area contributed by atoms with Gasteiger partial charge in [0.05, 0.1) is 33.1 Å². The first-order valence-electron chi connectivity index (χ1n) is 5.25. The van der Waals surface area contributed by atoms with Crippen molar-refractivity contribution >= 4 is 33.2 Å². The van der Waals surface area contributed by atoms with Crippen LogP contribution in [0.1, 0.15) is 11.4 Å². The predicted octanol–water partition coefficient (Wildman–Crippen LogP) is 3.76. The molecular weight excluding hydrogens is 302 g/mol. The summed E-state index contributed by atoms with van der Waals surface area (Å²) in [6.45, 7) is 2.70. The summed E-state index contributed by atoms with van der Waals surface area (Å²) in [6, 6.07) is 7.82. The number of rotatable bonds is 3. The van der Waals surface area contributed by atoms with E-state index < -0.39 is 0 Å². The average Bonchev–Trinajstić information content (AvgIpc) is 2.60. The van der Waals surface area contributed by atoms with Crippen molar-refractivity contribution in [2.45, 2.75) is 13.5 Å². The number of aromatic nitrogens is 2. The molecule has 2 rings (SSSR count). The second kappa shape index (κ2) is 5.10. The molecule has 0 unspecified atom stereocenters. The fourth-order valence-electron chi connectivity index (χ4n) is 1.66. The van der Waals surface area contributed by atoms with Gasteiger partial charge in [0.25, 0.3) is 0 Å². The van der Waals surface area contributed by atoms with Crippen molar-refractivity contribution in [3.63, 3.8) is 0 Å². The zero-order chi connectivity index (χ0) is 12.4. The summed E-state index contributed by atoms with van der Waals surface area (Å²) in [5, 5.41) is 8.34. The summed E-state index contributed by atoms with van der Waals surface area (Å²) < 4.78 is 2.77. The molecule has 0 radical (unpaired) electrons. The molecule has 0 saturated carbocycles. The molecule has 0 aliphatic heterocycles. The van der Waals surface area contributed by atoms with Gasteiger partial charge in [-0.25, -0.2) is 0 Å². The van der Waals surface area contributed by atoms with E-state index in [0.29, 0.717) is 5.02 Å². The van der Waals surface area contributed by atoms with E-state index in [1.165, 1.54) is 0 Å². The standard InChI is InChI=1S/C12H13BrClN3/c1-8-6-9(17(2)16-8)7-15-11-5-3-4-10(14)12(11)13/h3-6,15H,7H2,1-2H3. The topological polar surface area (TPSA) is 29.9 Å². The number of aryl methyl sites for hydroxylation is 2. The van der Waals surface area contributed by atoms with Gasteiger partial charge >= 0.3 is 0 Å². The highest BCUT2D eigenvalue weighted by Gasteiger charge is 2.05. The highest BCUT2D eigenvalue weighted by Crippen LogP contribution is 2.30. The number of nitrogens with one attached hydrogen (secondary N) is 1. The van der Waals surface area contributed by atoms with Gasteiger partial charge in [0.2, 0.25) is 0 Å². The summed E-state index contributed by atoms with van der Waals surface area (Å²) in [7, 11) is 1.94. The molecule has 1 aromatic carbocycles. The van der Waals surface area contributed by atoms with Crippen molar-refractivity contribution in [2.24, 2.45) is 7.05 Å². The third kappa shape index (κ3) is 2.82. The molecule has 2 aromatic rings. The number of anilines is 1. The Hall–Kier alpha value is -1.00. The molecule has 0 spiro atoms. The van der Waals surface area contributed by atoms with Crippen molar-refractivity contribution in [3.05, 3.63) is 45.1 Å². The van der Waals surface area contributed by atoms with Crippen LogP contribution in [-0.2, 0) is 13.6 Å². The summed E-state index contributed by atoms with van der Waals surface area (Å²) in [5.41, 5.74) is 3.14. The van der Waals surface area contributed by atoms with Crippen LogP contribution in [0, 0.1) is 6.92 Å². The molecular formula is C12H13BrClN3. The number of nitrogens with zero attached hydrogens (tertiary/aromatic N) is 2. The number of hydrogen-bond donors (Lipinski definition) is 1. The molecule has 0 aliphatic rings. The maximum absolute atomic E-state index is 6.03. The Morgan fingerprint density at radius 2 is 2.24 bits per heavy atom. The molecule has 0 fully saturated rings. The Labute approximate surface area is 114 Å². The minimum Gasteiger partial charge on any atom is -0.378 e. The largest absolute Gasteiger partial charge is 0.378 e. The Balaban J connectivity index is 2.12. The molecule has 0 aliphatic carbocycles.